The summed E-state index contributed by atoms with van der Waals surface area (Å²) in [5, 5.41) is 3.13. The van der Waals surface area contributed by atoms with Gasteiger partial charge in [-0.2, -0.15) is 0 Å². The average Bonchev–Trinajstić information content (AvgIpc) is 2.55. The van der Waals surface area contributed by atoms with Gasteiger partial charge in [-0.1, -0.05) is 19.3 Å². The lowest BCUT2D eigenvalue weighted by atomic mass is 9.96. The molecule has 2 rings (SSSR count). The smallest absolute Gasteiger partial charge is 0.244 e. The topological polar surface area (TPSA) is 82.7 Å². The fraction of sp³-hybridized carbons (Fsp3) is 0.867. The summed E-state index contributed by atoms with van der Waals surface area (Å²) in [5.41, 5.74) is 2.61. The quantitative estimate of drug-likeness (QED) is 0.315. The van der Waals surface area contributed by atoms with E-state index in [9.17, 15) is 4.79 Å². The number of carbonyl (C=O) groups is 1. The number of nitrogens with one attached hydrogen (secondary N) is 2. The van der Waals surface area contributed by atoms with E-state index in [4.69, 9.17) is 5.84 Å². The van der Waals surface area contributed by atoms with Crippen LogP contribution in [0, 0.1) is 0 Å². The van der Waals surface area contributed by atoms with E-state index in [0.29, 0.717) is 12.0 Å². The summed E-state index contributed by atoms with van der Waals surface area (Å²) < 4.78 is 0. The maximum Gasteiger partial charge on any atom is 0.244 e. The molecule has 1 heterocycles. The molecule has 0 aromatic rings. The third-order valence-electron chi connectivity index (χ3n) is 4.41. The van der Waals surface area contributed by atoms with Crippen molar-refractivity contribution < 1.29 is 4.79 Å². The van der Waals surface area contributed by atoms with Gasteiger partial charge in [0.25, 0.3) is 0 Å². The minimum Gasteiger partial charge on any atom is -0.344 e. The van der Waals surface area contributed by atoms with Crippen LogP contribution in [0.25, 0.3) is 0 Å². The van der Waals surface area contributed by atoms with Crippen molar-refractivity contribution in [2.75, 3.05) is 13.1 Å². The molecule has 0 aromatic carbocycles. The first-order chi connectivity index (χ1) is 10.2. The molecule has 6 heteroatoms. The van der Waals surface area contributed by atoms with E-state index in [1.54, 1.807) is 0 Å². The van der Waals surface area contributed by atoms with Gasteiger partial charge in [0.2, 0.25) is 11.9 Å². The first-order valence-electron chi connectivity index (χ1n) is 8.30. The Morgan fingerprint density at radius 1 is 1.14 bits per heavy atom. The number of hydrogen-bond donors (Lipinski definition) is 3. The van der Waals surface area contributed by atoms with Gasteiger partial charge < -0.3 is 10.2 Å². The summed E-state index contributed by atoms with van der Waals surface area (Å²) in [6, 6.07) is 0.0380. The lowest BCUT2D eigenvalue weighted by molar-refractivity contribution is -0.133. The monoisotopic (exact) mass is 295 g/mol. The number of aliphatic imine (C=N–C) groups is 1. The number of carbonyl (C=O) groups excluding carboxylic acids is 1. The highest BCUT2D eigenvalue weighted by Crippen LogP contribution is 2.20. The average molecular weight is 295 g/mol. The number of hydrazine groups is 1. The molecule has 1 amide bonds. The van der Waals surface area contributed by atoms with E-state index in [-0.39, 0.29) is 11.9 Å². The highest BCUT2D eigenvalue weighted by molar-refractivity contribution is 5.88. The summed E-state index contributed by atoms with van der Waals surface area (Å²) in [7, 11) is 0. The van der Waals surface area contributed by atoms with Crippen molar-refractivity contribution in [3.8, 4) is 0 Å². The van der Waals surface area contributed by atoms with Crippen molar-refractivity contribution in [1.82, 2.24) is 15.6 Å². The van der Waals surface area contributed by atoms with Gasteiger partial charge >= 0.3 is 0 Å². The Balaban J connectivity index is 1.87. The fourth-order valence-electron chi connectivity index (χ4n) is 3.16. The van der Waals surface area contributed by atoms with E-state index >= 15 is 0 Å². The van der Waals surface area contributed by atoms with Crippen LogP contribution in [-0.4, -0.2) is 41.9 Å². The van der Waals surface area contributed by atoms with Crippen LogP contribution < -0.4 is 16.6 Å². The summed E-state index contributed by atoms with van der Waals surface area (Å²) in [6.45, 7) is 3.62. The Morgan fingerprint density at radius 3 is 2.38 bits per heavy atom. The molecule has 0 spiro atoms. The minimum atomic E-state index is -0.290. The predicted octanol–water partition coefficient (Wildman–Crippen LogP) is 1.13. The molecule has 120 valence electrons. The third-order valence-corrected chi connectivity index (χ3v) is 4.41. The zero-order valence-corrected chi connectivity index (χ0v) is 13.1. The van der Waals surface area contributed by atoms with E-state index in [0.717, 1.165) is 38.8 Å². The van der Waals surface area contributed by atoms with Crippen molar-refractivity contribution >= 4 is 11.9 Å². The van der Waals surface area contributed by atoms with Crippen LogP contribution in [0.5, 0.6) is 0 Å². The van der Waals surface area contributed by atoms with E-state index in [2.05, 4.69) is 15.7 Å². The maximum atomic E-state index is 12.4. The van der Waals surface area contributed by atoms with Crippen molar-refractivity contribution in [2.45, 2.75) is 70.4 Å². The fourth-order valence-corrected chi connectivity index (χ4v) is 3.16. The first-order valence-corrected chi connectivity index (χ1v) is 8.30. The molecule has 1 atom stereocenters. The second-order valence-corrected chi connectivity index (χ2v) is 6.17. The number of hydrogen-bond acceptors (Lipinski definition) is 3. The van der Waals surface area contributed by atoms with Crippen molar-refractivity contribution in [1.29, 1.82) is 0 Å². The van der Waals surface area contributed by atoms with Crippen LogP contribution >= 0.6 is 0 Å². The van der Waals surface area contributed by atoms with Gasteiger partial charge in [-0.05, 0) is 39.0 Å². The minimum absolute atomic E-state index is 0.140. The van der Waals surface area contributed by atoms with Gasteiger partial charge in [-0.25, -0.2) is 10.8 Å². The number of nitrogens with zero attached hydrogens (tertiary/aromatic N) is 2. The molecule has 1 aliphatic heterocycles. The van der Waals surface area contributed by atoms with Gasteiger partial charge in [0.05, 0.1) is 6.04 Å². The van der Waals surface area contributed by atoms with Gasteiger partial charge in [0.1, 0.15) is 6.04 Å². The lowest BCUT2D eigenvalue weighted by Gasteiger charge is -2.30. The molecule has 1 saturated heterocycles. The number of nitrogens with two attached hydrogens (primary N) is 1. The van der Waals surface area contributed by atoms with Gasteiger partial charge in [-0.15, -0.1) is 0 Å². The summed E-state index contributed by atoms with van der Waals surface area (Å²) >= 11 is 0. The van der Waals surface area contributed by atoms with E-state index in [1.807, 2.05) is 11.8 Å². The predicted molar refractivity (Wildman–Crippen MR) is 84.7 cm³/mol. The van der Waals surface area contributed by atoms with Crippen LogP contribution in [0.2, 0.25) is 0 Å². The molecule has 1 saturated carbocycles. The zero-order chi connectivity index (χ0) is 15.1. The van der Waals surface area contributed by atoms with Crippen LogP contribution in [0.4, 0.5) is 0 Å². The van der Waals surface area contributed by atoms with Crippen molar-refractivity contribution in [2.24, 2.45) is 10.8 Å². The number of piperidine rings is 1. The molecule has 2 aliphatic rings. The van der Waals surface area contributed by atoms with Crippen LogP contribution in [0.3, 0.4) is 0 Å². The molecule has 1 aliphatic carbocycles. The van der Waals surface area contributed by atoms with Crippen LogP contribution in [0.15, 0.2) is 4.99 Å². The molecule has 2 fully saturated rings. The highest BCUT2D eigenvalue weighted by Gasteiger charge is 2.23. The van der Waals surface area contributed by atoms with E-state index in [1.165, 1.54) is 25.7 Å². The maximum absolute atomic E-state index is 12.4. The van der Waals surface area contributed by atoms with Gasteiger partial charge in [-0.3, -0.25) is 10.2 Å². The first kappa shape index (κ1) is 16.1. The third kappa shape index (κ3) is 4.88. The second kappa shape index (κ2) is 8.22. The van der Waals surface area contributed by atoms with Crippen molar-refractivity contribution in [3.05, 3.63) is 0 Å². The Bertz CT molecular complexity index is 359. The lowest BCUT2D eigenvalue weighted by Crippen LogP contribution is -2.53. The van der Waals surface area contributed by atoms with E-state index < -0.39 is 0 Å². The molecule has 21 heavy (non-hydrogen) atoms. The molecular formula is C15H29N5O. The largest absolute Gasteiger partial charge is 0.344 e. The molecular weight excluding hydrogens is 266 g/mol. The molecule has 4 N–H and O–H groups in total. The molecule has 0 aromatic heterocycles. The van der Waals surface area contributed by atoms with Gasteiger partial charge in [0.15, 0.2) is 0 Å². The molecule has 0 radical (unpaired) electrons. The molecule has 1 unspecified atom stereocenters. The normalized spacial score (nSPS) is 22.8. The second-order valence-electron chi connectivity index (χ2n) is 6.17. The number of likely N-dealkylation sites (tertiary alicyclic amines) is 1. The van der Waals surface area contributed by atoms with Gasteiger partial charge in [0, 0.05) is 13.1 Å². The Labute approximate surface area is 127 Å². The molecule has 0 bridgehead atoms. The standard InChI is InChI=1S/C15H29N5O/c1-12(14(21)20-10-6-3-7-11-20)17-15(19-16)18-13-8-4-2-5-9-13/h12-13H,2-11,16H2,1H3,(H2,17,18,19). The van der Waals surface area contributed by atoms with Crippen LogP contribution in [-0.2, 0) is 4.79 Å². The Kier molecular flexibility index (Phi) is 6.29. The summed E-state index contributed by atoms with van der Waals surface area (Å²) in [6.07, 6.45) is 9.43. The number of guanidine groups is 1. The Morgan fingerprint density at radius 2 is 1.76 bits per heavy atom. The summed E-state index contributed by atoms with van der Waals surface area (Å²) in [5.74, 6) is 6.23. The zero-order valence-electron chi connectivity index (χ0n) is 13.1. The van der Waals surface area contributed by atoms with Crippen molar-refractivity contribution in [3.63, 3.8) is 0 Å². The Hall–Kier alpha value is -1.30. The number of rotatable bonds is 3. The SMILES string of the molecule is CC(NC(=NC1CCCCC1)NN)C(=O)N1CCCCC1. The molecule has 6 nitrogen and oxygen atoms in total. The highest BCUT2D eigenvalue weighted by atomic mass is 16.2. The summed E-state index contributed by atoms with van der Waals surface area (Å²) in [4.78, 5) is 18.9. The van der Waals surface area contributed by atoms with Crippen LogP contribution in [0.1, 0.15) is 58.3 Å². The number of amides is 1.